The van der Waals surface area contributed by atoms with Crippen LogP contribution in [0, 0.1) is 0 Å². The highest BCUT2D eigenvalue weighted by molar-refractivity contribution is 5.46. The van der Waals surface area contributed by atoms with E-state index in [2.05, 4.69) is 46.9 Å². The normalized spacial score (nSPS) is 19.0. The summed E-state index contributed by atoms with van der Waals surface area (Å²) in [6.45, 7) is 3.90. The van der Waals surface area contributed by atoms with E-state index in [1.165, 1.54) is 24.9 Å². The molecule has 1 atom stereocenters. The van der Waals surface area contributed by atoms with Crippen LogP contribution in [0.1, 0.15) is 31.9 Å². The number of hydrogen-bond donors (Lipinski definition) is 1. The molecular formula is C17H24N4. The predicted molar refractivity (Wildman–Crippen MR) is 87.0 cm³/mol. The van der Waals surface area contributed by atoms with Crippen molar-refractivity contribution < 1.29 is 0 Å². The lowest BCUT2D eigenvalue weighted by Gasteiger charge is -2.36. The Balaban J connectivity index is 2.02. The molecule has 1 fully saturated rings. The molecule has 0 bridgehead atoms. The number of nitrogens with two attached hydrogens (primary N) is 1. The van der Waals surface area contributed by atoms with Gasteiger partial charge < -0.3 is 10.6 Å². The molecule has 1 aliphatic heterocycles. The minimum Gasteiger partial charge on any atom is -0.338 e. The number of para-hydroxylation sites is 1. The number of benzene rings is 1. The Labute approximate surface area is 126 Å². The molecule has 1 unspecified atom stereocenters. The van der Waals surface area contributed by atoms with Crippen molar-refractivity contribution in [3.63, 3.8) is 0 Å². The second kappa shape index (κ2) is 6.31. The van der Waals surface area contributed by atoms with E-state index < -0.39 is 0 Å². The molecule has 0 amide bonds. The van der Waals surface area contributed by atoms with Crippen LogP contribution >= 0.6 is 0 Å². The predicted octanol–water partition coefficient (Wildman–Crippen LogP) is 2.75. The molecule has 112 valence electrons. The number of aryl methyl sites for hydroxylation is 1. The zero-order valence-corrected chi connectivity index (χ0v) is 12.7. The Kier molecular flexibility index (Phi) is 4.25. The zero-order valence-electron chi connectivity index (χ0n) is 12.7. The van der Waals surface area contributed by atoms with Gasteiger partial charge in [-0.05, 0) is 37.8 Å². The fourth-order valence-corrected chi connectivity index (χ4v) is 3.08. The minimum absolute atomic E-state index is 0.410. The van der Waals surface area contributed by atoms with Gasteiger partial charge in [0.25, 0.3) is 0 Å². The third kappa shape index (κ3) is 2.81. The monoisotopic (exact) mass is 284 g/mol. The summed E-state index contributed by atoms with van der Waals surface area (Å²) in [6.07, 6.45) is 6.77. The smallest absolute Gasteiger partial charge is 0.210 e. The molecule has 1 aromatic heterocycles. The van der Waals surface area contributed by atoms with Crippen LogP contribution in [0.25, 0.3) is 5.69 Å². The number of piperidine rings is 1. The molecule has 0 spiro atoms. The van der Waals surface area contributed by atoms with Gasteiger partial charge in [0.05, 0.1) is 5.69 Å². The van der Waals surface area contributed by atoms with Crippen LogP contribution in [0.2, 0.25) is 0 Å². The summed E-state index contributed by atoms with van der Waals surface area (Å²) in [5.41, 5.74) is 8.28. The highest BCUT2D eigenvalue weighted by Gasteiger charge is 2.25. The molecule has 4 nitrogen and oxygen atoms in total. The van der Waals surface area contributed by atoms with E-state index in [9.17, 15) is 0 Å². The van der Waals surface area contributed by atoms with Crippen molar-refractivity contribution in [2.24, 2.45) is 5.73 Å². The van der Waals surface area contributed by atoms with Crippen LogP contribution in [-0.4, -0.2) is 28.7 Å². The average molecular weight is 284 g/mol. The van der Waals surface area contributed by atoms with Crippen molar-refractivity contribution in [2.45, 2.75) is 38.6 Å². The Bertz CT molecular complexity index is 576. The van der Waals surface area contributed by atoms with Gasteiger partial charge in [-0.3, -0.25) is 4.57 Å². The van der Waals surface area contributed by atoms with Gasteiger partial charge >= 0.3 is 0 Å². The first-order chi connectivity index (χ1) is 10.3. The number of nitrogens with zero attached hydrogens (tertiary/aromatic N) is 3. The van der Waals surface area contributed by atoms with Crippen molar-refractivity contribution in [1.82, 2.24) is 9.55 Å². The molecule has 0 radical (unpaired) electrons. The van der Waals surface area contributed by atoms with Crippen LogP contribution in [0.4, 0.5) is 5.95 Å². The minimum atomic E-state index is 0.410. The molecule has 21 heavy (non-hydrogen) atoms. The third-order valence-corrected chi connectivity index (χ3v) is 4.29. The SMILES string of the molecule is CCc1cn(-c2ccccc2)c(N2CCCCC2CN)n1. The molecule has 2 heterocycles. The molecule has 2 aromatic rings. The van der Waals surface area contributed by atoms with Gasteiger partial charge in [-0.1, -0.05) is 25.1 Å². The average Bonchev–Trinajstić information content (AvgIpc) is 3.00. The van der Waals surface area contributed by atoms with Crippen molar-refractivity contribution in [3.05, 3.63) is 42.2 Å². The molecule has 1 aliphatic rings. The lowest BCUT2D eigenvalue weighted by molar-refractivity contribution is 0.456. The third-order valence-electron chi connectivity index (χ3n) is 4.29. The second-order valence-electron chi connectivity index (χ2n) is 5.67. The molecule has 2 N–H and O–H groups in total. The number of rotatable bonds is 4. The number of hydrogen-bond acceptors (Lipinski definition) is 3. The van der Waals surface area contributed by atoms with E-state index in [1.807, 2.05) is 6.07 Å². The molecule has 3 rings (SSSR count). The summed E-state index contributed by atoms with van der Waals surface area (Å²) in [5, 5.41) is 0. The maximum Gasteiger partial charge on any atom is 0.210 e. The molecular weight excluding hydrogens is 260 g/mol. The maximum absolute atomic E-state index is 5.98. The van der Waals surface area contributed by atoms with Crippen molar-refractivity contribution >= 4 is 5.95 Å². The number of imidazole rings is 1. The molecule has 4 heteroatoms. The number of aromatic nitrogens is 2. The largest absolute Gasteiger partial charge is 0.338 e. The quantitative estimate of drug-likeness (QED) is 0.939. The van der Waals surface area contributed by atoms with Crippen LogP contribution < -0.4 is 10.6 Å². The lowest BCUT2D eigenvalue weighted by atomic mass is 10.0. The van der Waals surface area contributed by atoms with Gasteiger partial charge in [0.1, 0.15) is 0 Å². The van der Waals surface area contributed by atoms with E-state index in [0.29, 0.717) is 12.6 Å². The first-order valence-electron chi connectivity index (χ1n) is 7.94. The second-order valence-corrected chi connectivity index (χ2v) is 5.67. The maximum atomic E-state index is 5.98. The van der Waals surface area contributed by atoms with Gasteiger partial charge in [-0.25, -0.2) is 4.98 Å². The Morgan fingerprint density at radius 2 is 2.05 bits per heavy atom. The van der Waals surface area contributed by atoms with Crippen molar-refractivity contribution in [3.8, 4) is 5.69 Å². The molecule has 0 aliphatic carbocycles. The number of anilines is 1. The lowest BCUT2D eigenvalue weighted by Crippen LogP contribution is -2.45. The fourth-order valence-electron chi connectivity index (χ4n) is 3.08. The first-order valence-corrected chi connectivity index (χ1v) is 7.94. The van der Waals surface area contributed by atoms with Crippen molar-refractivity contribution in [1.29, 1.82) is 0 Å². The van der Waals surface area contributed by atoms with Gasteiger partial charge in [0.2, 0.25) is 5.95 Å². The Hall–Kier alpha value is -1.81. The summed E-state index contributed by atoms with van der Waals surface area (Å²) in [4.78, 5) is 7.26. The summed E-state index contributed by atoms with van der Waals surface area (Å²) in [7, 11) is 0. The zero-order chi connectivity index (χ0) is 14.7. The molecule has 1 aromatic carbocycles. The molecule has 1 saturated heterocycles. The van der Waals surface area contributed by atoms with Crippen LogP contribution in [0.15, 0.2) is 36.5 Å². The topological polar surface area (TPSA) is 47.1 Å². The summed E-state index contributed by atoms with van der Waals surface area (Å²) >= 11 is 0. The van der Waals surface area contributed by atoms with Gasteiger partial charge in [-0.2, -0.15) is 0 Å². The molecule has 0 saturated carbocycles. The Morgan fingerprint density at radius 3 is 2.76 bits per heavy atom. The standard InChI is InChI=1S/C17H24N4/c1-2-14-13-21(15-8-4-3-5-9-15)17(19-14)20-11-7-6-10-16(20)12-18/h3-5,8-9,13,16H,2,6-7,10-12,18H2,1H3. The highest BCUT2D eigenvalue weighted by Crippen LogP contribution is 2.26. The van der Waals surface area contributed by atoms with E-state index in [4.69, 9.17) is 10.7 Å². The van der Waals surface area contributed by atoms with Crippen molar-refractivity contribution in [2.75, 3.05) is 18.0 Å². The van der Waals surface area contributed by atoms with Gasteiger partial charge in [0, 0.05) is 31.0 Å². The van der Waals surface area contributed by atoms with E-state index >= 15 is 0 Å². The van der Waals surface area contributed by atoms with Crippen LogP contribution in [0.3, 0.4) is 0 Å². The van der Waals surface area contributed by atoms with E-state index in [0.717, 1.165) is 24.6 Å². The van der Waals surface area contributed by atoms with Gasteiger partial charge in [-0.15, -0.1) is 0 Å². The van der Waals surface area contributed by atoms with E-state index in [-0.39, 0.29) is 0 Å². The van der Waals surface area contributed by atoms with E-state index in [1.54, 1.807) is 0 Å². The van der Waals surface area contributed by atoms with Crippen LogP contribution in [0.5, 0.6) is 0 Å². The Morgan fingerprint density at radius 1 is 1.24 bits per heavy atom. The summed E-state index contributed by atoms with van der Waals surface area (Å²) in [5.74, 6) is 1.05. The van der Waals surface area contributed by atoms with Gasteiger partial charge in [0.15, 0.2) is 0 Å². The first kappa shape index (κ1) is 14.1. The summed E-state index contributed by atoms with van der Waals surface area (Å²) < 4.78 is 2.22. The highest BCUT2D eigenvalue weighted by atomic mass is 15.3. The summed E-state index contributed by atoms with van der Waals surface area (Å²) in [6, 6.07) is 10.9. The van der Waals surface area contributed by atoms with Crippen LogP contribution in [-0.2, 0) is 6.42 Å². The fraction of sp³-hybridized carbons (Fsp3) is 0.471.